The lowest BCUT2D eigenvalue weighted by atomic mass is 10.1. The number of rotatable bonds is 4. The molecule has 25 heavy (non-hydrogen) atoms. The first-order valence-corrected chi connectivity index (χ1v) is 10.5. The number of allylic oxidation sites excluding steroid dienone is 2. The summed E-state index contributed by atoms with van der Waals surface area (Å²) in [7, 11) is -3.49. The van der Waals surface area contributed by atoms with Gasteiger partial charge in [-0.05, 0) is 11.6 Å². The molecule has 0 aromatic heterocycles. The van der Waals surface area contributed by atoms with Gasteiger partial charge in [-0.15, -0.1) is 0 Å². The summed E-state index contributed by atoms with van der Waals surface area (Å²) in [5.74, 6) is 0. The number of benzene rings is 1. The zero-order valence-electron chi connectivity index (χ0n) is 13.7. The third-order valence-electron chi connectivity index (χ3n) is 4.73. The third kappa shape index (κ3) is 3.39. The van der Waals surface area contributed by atoms with Crippen molar-refractivity contribution >= 4 is 21.4 Å². The molecule has 1 aliphatic carbocycles. The fraction of sp³-hybridized carbons (Fsp3) is 0.412. The number of fused-ring (bicyclic) bond motifs is 1. The van der Waals surface area contributed by atoms with Crippen LogP contribution in [0, 0.1) is 0 Å². The van der Waals surface area contributed by atoms with E-state index < -0.39 is 10.0 Å². The van der Waals surface area contributed by atoms with Gasteiger partial charge in [0.15, 0.2) is 0 Å². The minimum absolute atomic E-state index is 0.154. The Morgan fingerprint density at radius 2 is 1.84 bits per heavy atom. The summed E-state index contributed by atoms with van der Waals surface area (Å²) in [5, 5.41) is 0. The molecule has 1 saturated heterocycles. The summed E-state index contributed by atoms with van der Waals surface area (Å²) >= 11 is 1.11. The second kappa shape index (κ2) is 6.95. The van der Waals surface area contributed by atoms with Crippen molar-refractivity contribution in [3.05, 3.63) is 59.0 Å². The standard InChI is InChI=1S/C17H20N4O2S2/c22-25(23,16-8-4-7-15-17(16)19-24-18-15)21-11-9-20(10-12-21)13-14-5-2-1-3-6-14/h1-8,15,17H,9-13H2. The summed E-state index contributed by atoms with van der Waals surface area (Å²) in [6.45, 7) is 3.36. The minimum Gasteiger partial charge on any atom is -0.296 e. The molecule has 1 aromatic rings. The summed E-state index contributed by atoms with van der Waals surface area (Å²) in [4.78, 5) is 2.68. The Hall–Kier alpha value is -1.61. The van der Waals surface area contributed by atoms with Gasteiger partial charge >= 0.3 is 0 Å². The average Bonchev–Trinajstić information content (AvgIpc) is 3.11. The molecule has 2 atom stereocenters. The molecule has 3 aliphatic rings. The van der Waals surface area contributed by atoms with E-state index in [1.54, 1.807) is 16.5 Å². The Bertz CT molecular complexity index is 865. The number of sulfonamides is 1. The molecule has 0 saturated carbocycles. The monoisotopic (exact) mass is 376 g/mol. The van der Waals surface area contributed by atoms with E-state index in [1.807, 2.05) is 24.3 Å². The molecule has 1 aromatic carbocycles. The van der Waals surface area contributed by atoms with Gasteiger partial charge in [-0.3, -0.25) is 4.90 Å². The van der Waals surface area contributed by atoms with Crippen LogP contribution in [-0.4, -0.2) is 55.9 Å². The molecular formula is C17H20N4O2S2. The predicted octanol–water partition coefficient (Wildman–Crippen LogP) is 1.79. The van der Waals surface area contributed by atoms with Crippen molar-refractivity contribution in [2.75, 3.05) is 26.2 Å². The van der Waals surface area contributed by atoms with E-state index in [-0.39, 0.29) is 12.1 Å². The molecule has 8 heteroatoms. The van der Waals surface area contributed by atoms with Gasteiger partial charge in [0.05, 0.1) is 16.3 Å². The highest BCUT2D eigenvalue weighted by atomic mass is 32.2. The molecule has 4 rings (SSSR count). The van der Waals surface area contributed by atoms with Crippen molar-refractivity contribution < 1.29 is 8.42 Å². The topological polar surface area (TPSA) is 65.3 Å². The summed E-state index contributed by atoms with van der Waals surface area (Å²) in [6.07, 6.45) is 5.37. The molecule has 6 nitrogen and oxygen atoms in total. The predicted molar refractivity (Wildman–Crippen MR) is 99.2 cm³/mol. The van der Waals surface area contributed by atoms with Crippen LogP contribution in [0.2, 0.25) is 0 Å². The number of hydrogen-bond acceptors (Lipinski definition) is 5. The average molecular weight is 377 g/mol. The molecule has 2 unspecified atom stereocenters. The van der Waals surface area contributed by atoms with Gasteiger partial charge in [0.1, 0.15) is 12.1 Å². The van der Waals surface area contributed by atoms with Crippen LogP contribution in [0.15, 0.2) is 62.2 Å². The quantitative estimate of drug-likeness (QED) is 0.805. The summed E-state index contributed by atoms with van der Waals surface area (Å²) in [6, 6.07) is 9.75. The Morgan fingerprint density at radius 1 is 1.08 bits per heavy atom. The van der Waals surface area contributed by atoms with Crippen LogP contribution in [0.5, 0.6) is 0 Å². The zero-order chi connectivity index (χ0) is 17.3. The van der Waals surface area contributed by atoms with Crippen LogP contribution in [0.1, 0.15) is 5.56 Å². The van der Waals surface area contributed by atoms with E-state index in [9.17, 15) is 8.42 Å². The smallest absolute Gasteiger partial charge is 0.241 e. The van der Waals surface area contributed by atoms with Gasteiger partial charge in [0.25, 0.3) is 0 Å². The van der Waals surface area contributed by atoms with Crippen LogP contribution in [0.25, 0.3) is 0 Å². The van der Waals surface area contributed by atoms with Crippen molar-refractivity contribution in [3.8, 4) is 0 Å². The molecule has 2 heterocycles. The van der Waals surface area contributed by atoms with Gasteiger partial charge in [-0.25, -0.2) is 17.1 Å². The Kier molecular flexibility index (Phi) is 4.68. The Balaban J connectivity index is 1.42. The molecule has 0 spiro atoms. The highest BCUT2D eigenvalue weighted by Gasteiger charge is 2.39. The fourth-order valence-electron chi connectivity index (χ4n) is 3.33. The first-order chi connectivity index (χ1) is 12.1. The van der Waals surface area contributed by atoms with Gasteiger partial charge in [0, 0.05) is 32.7 Å². The second-order valence-corrected chi connectivity index (χ2v) is 8.87. The highest BCUT2D eigenvalue weighted by molar-refractivity contribution is 7.93. The summed E-state index contributed by atoms with van der Waals surface area (Å²) in [5.41, 5.74) is 1.25. The maximum atomic E-state index is 13.0. The normalized spacial score (nSPS) is 27.0. The second-order valence-electron chi connectivity index (χ2n) is 6.35. The first-order valence-electron chi connectivity index (χ1n) is 8.36. The van der Waals surface area contributed by atoms with E-state index in [1.165, 1.54) is 5.56 Å². The van der Waals surface area contributed by atoms with Crippen molar-refractivity contribution in [1.29, 1.82) is 0 Å². The molecule has 0 radical (unpaired) electrons. The van der Waals surface area contributed by atoms with Gasteiger partial charge in [-0.1, -0.05) is 42.5 Å². The van der Waals surface area contributed by atoms with Crippen molar-refractivity contribution in [2.24, 2.45) is 8.73 Å². The molecule has 132 valence electrons. The van der Waals surface area contributed by atoms with Crippen LogP contribution in [0.4, 0.5) is 0 Å². The number of hydrogen-bond donors (Lipinski definition) is 0. The molecule has 0 amide bonds. The highest BCUT2D eigenvalue weighted by Crippen LogP contribution is 2.29. The van der Waals surface area contributed by atoms with Crippen molar-refractivity contribution in [2.45, 2.75) is 18.6 Å². The largest absolute Gasteiger partial charge is 0.296 e. The Morgan fingerprint density at radius 3 is 2.60 bits per heavy atom. The van der Waals surface area contributed by atoms with E-state index >= 15 is 0 Å². The van der Waals surface area contributed by atoms with E-state index in [4.69, 9.17) is 0 Å². The van der Waals surface area contributed by atoms with Crippen LogP contribution >= 0.6 is 0 Å². The van der Waals surface area contributed by atoms with E-state index in [0.717, 1.165) is 31.0 Å². The molecule has 1 fully saturated rings. The third-order valence-corrected chi connectivity index (χ3v) is 7.41. The van der Waals surface area contributed by atoms with Crippen molar-refractivity contribution in [3.63, 3.8) is 0 Å². The summed E-state index contributed by atoms with van der Waals surface area (Å²) < 4.78 is 36.2. The molecular weight excluding hydrogens is 356 g/mol. The lowest BCUT2D eigenvalue weighted by Gasteiger charge is -2.35. The number of nitrogens with zero attached hydrogens (tertiary/aromatic N) is 4. The molecule has 2 aliphatic heterocycles. The van der Waals surface area contributed by atoms with Crippen LogP contribution < -0.4 is 0 Å². The van der Waals surface area contributed by atoms with Crippen LogP contribution in [-0.2, 0) is 27.9 Å². The minimum atomic E-state index is -3.49. The molecule has 0 bridgehead atoms. The fourth-order valence-corrected chi connectivity index (χ4v) is 5.78. The maximum absolute atomic E-state index is 13.0. The first kappa shape index (κ1) is 16.8. The lowest BCUT2D eigenvalue weighted by molar-refractivity contribution is 0.182. The van der Waals surface area contributed by atoms with E-state index in [0.29, 0.717) is 18.0 Å². The maximum Gasteiger partial charge on any atom is 0.241 e. The number of piperazine rings is 1. The zero-order valence-corrected chi connectivity index (χ0v) is 15.4. The van der Waals surface area contributed by atoms with Crippen LogP contribution in [0.3, 0.4) is 0 Å². The SMILES string of the molecule is O=S(=O)(C1=CC=CC2N=S=NC12)N1CCN(Cc2ccccc2)CC1. The van der Waals surface area contributed by atoms with Crippen molar-refractivity contribution in [1.82, 2.24) is 9.21 Å². The lowest BCUT2D eigenvalue weighted by Crippen LogP contribution is -2.49. The van der Waals surface area contributed by atoms with E-state index in [2.05, 4.69) is 25.8 Å². The molecule has 0 N–H and O–H groups in total. The van der Waals surface area contributed by atoms with Gasteiger partial charge in [-0.2, -0.15) is 4.31 Å². The van der Waals surface area contributed by atoms with Gasteiger partial charge in [0.2, 0.25) is 10.0 Å². The van der Waals surface area contributed by atoms with Gasteiger partial charge < -0.3 is 0 Å². The Labute approximate surface area is 151 Å².